The fraction of sp³-hybridized carbons (Fsp3) is 0.615. The molecule has 0 aromatic carbocycles. The molecular weight excluding hydrogens is 230 g/mol. The first-order chi connectivity index (χ1) is 8.83. The molecule has 0 radical (unpaired) electrons. The number of piperidine rings is 1. The molecule has 3 N–H and O–H groups in total. The molecule has 1 aromatic heterocycles. The summed E-state index contributed by atoms with van der Waals surface area (Å²) in [5.74, 6) is 0. The Bertz CT molecular complexity index is 335. The lowest BCUT2D eigenvalue weighted by Crippen LogP contribution is -2.48. The standard InChI is InChI=1S/C13H21N3O2/c17-9-12(10-18)15-11-3-7-16(8-4-11)13-1-5-14-6-2-13/h1-2,5-6,11-12,15,17-18H,3-4,7-10H2. The lowest BCUT2D eigenvalue weighted by atomic mass is 10.0. The Morgan fingerprint density at radius 2 is 1.83 bits per heavy atom. The molecule has 18 heavy (non-hydrogen) atoms. The number of pyridine rings is 1. The Hall–Kier alpha value is -1.17. The third kappa shape index (κ3) is 3.41. The molecule has 1 aromatic rings. The summed E-state index contributed by atoms with van der Waals surface area (Å²) in [5, 5.41) is 21.4. The molecule has 1 aliphatic heterocycles. The lowest BCUT2D eigenvalue weighted by Gasteiger charge is -2.35. The van der Waals surface area contributed by atoms with Gasteiger partial charge < -0.3 is 20.4 Å². The van der Waals surface area contributed by atoms with Gasteiger partial charge in [0.25, 0.3) is 0 Å². The van der Waals surface area contributed by atoms with E-state index in [1.54, 1.807) is 0 Å². The SMILES string of the molecule is OCC(CO)NC1CCN(c2ccncc2)CC1. The molecule has 2 rings (SSSR count). The number of rotatable bonds is 5. The van der Waals surface area contributed by atoms with Crippen molar-refractivity contribution in [2.24, 2.45) is 0 Å². The van der Waals surface area contributed by atoms with Crippen LogP contribution < -0.4 is 10.2 Å². The van der Waals surface area contributed by atoms with Crippen LogP contribution in [0.4, 0.5) is 5.69 Å². The molecule has 0 spiro atoms. The van der Waals surface area contributed by atoms with Crippen molar-refractivity contribution >= 4 is 5.69 Å². The van der Waals surface area contributed by atoms with Gasteiger partial charge >= 0.3 is 0 Å². The summed E-state index contributed by atoms with van der Waals surface area (Å²) in [6.07, 6.45) is 5.68. The Morgan fingerprint density at radius 3 is 2.39 bits per heavy atom. The van der Waals surface area contributed by atoms with Gasteiger partial charge in [-0.05, 0) is 25.0 Å². The minimum Gasteiger partial charge on any atom is -0.395 e. The predicted molar refractivity (Wildman–Crippen MR) is 70.6 cm³/mol. The number of nitrogens with zero attached hydrogens (tertiary/aromatic N) is 2. The smallest absolute Gasteiger partial charge is 0.0607 e. The van der Waals surface area contributed by atoms with Crippen LogP contribution in [0.2, 0.25) is 0 Å². The Labute approximate surface area is 107 Å². The summed E-state index contributed by atoms with van der Waals surface area (Å²) in [6.45, 7) is 1.96. The summed E-state index contributed by atoms with van der Waals surface area (Å²) < 4.78 is 0. The van der Waals surface area contributed by atoms with Gasteiger partial charge in [-0.15, -0.1) is 0 Å². The van der Waals surface area contributed by atoms with Crippen LogP contribution in [0.25, 0.3) is 0 Å². The molecule has 5 nitrogen and oxygen atoms in total. The largest absolute Gasteiger partial charge is 0.395 e. The highest BCUT2D eigenvalue weighted by molar-refractivity contribution is 5.44. The molecule has 2 heterocycles. The highest BCUT2D eigenvalue weighted by atomic mass is 16.3. The number of aliphatic hydroxyl groups excluding tert-OH is 2. The maximum atomic E-state index is 9.05. The van der Waals surface area contributed by atoms with Gasteiger partial charge in [0.2, 0.25) is 0 Å². The van der Waals surface area contributed by atoms with Crippen LogP contribution in [0.5, 0.6) is 0 Å². The molecule has 5 heteroatoms. The molecule has 0 atom stereocenters. The van der Waals surface area contributed by atoms with Crippen molar-refractivity contribution in [3.05, 3.63) is 24.5 Å². The average molecular weight is 251 g/mol. The zero-order valence-corrected chi connectivity index (χ0v) is 10.5. The van der Waals surface area contributed by atoms with Gasteiger partial charge in [-0.2, -0.15) is 0 Å². The van der Waals surface area contributed by atoms with Crippen LogP contribution in [0.1, 0.15) is 12.8 Å². The second-order valence-corrected chi connectivity index (χ2v) is 4.70. The molecule has 0 bridgehead atoms. The molecule has 1 aliphatic rings. The zero-order valence-electron chi connectivity index (χ0n) is 10.5. The van der Waals surface area contributed by atoms with E-state index in [0.717, 1.165) is 25.9 Å². The Morgan fingerprint density at radius 1 is 1.22 bits per heavy atom. The van der Waals surface area contributed by atoms with Crippen LogP contribution in [0.15, 0.2) is 24.5 Å². The molecule has 0 unspecified atom stereocenters. The quantitative estimate of drug-likeness (QED) is 0.687. The van der Waals surface area contributed by atoms with Crippen molar-refractivity contribution in [1.29, 1.82) is 0 Å². The van der Waals surface area contributed by atoms with Gasteiger partial charge in [0.1, 0.15) is 0 Å². The fourth-order valence-corrected chi connectivity index (χ4v) is 2.36. The molecule has 1 fully saturated rings. The third-order valence-electron chi connectivity index (χ3n) is 3.44. The van der Waals surface area contributed by atoms with Gasteiger partial charge in [-0.25, -0.2) is 0 Å². The molecule has 0 amide bonds. The number of aromatic nitrogens is 1. The molecule has 0 aliphatic carbocycles. The molecule has 100 valence electrons. The Balaban J connectivity index is 1.81. The van der Waals surface area contributed by atoms with Gasteiger partial charge in [0, 0.05) is 37.2 Å². The summed E-state index contributed by atoms with van der Waals surface area (Å²) in [7, 11) is 0. The van der Waals surface area contributed by atoms with Crippen molar-refractivity contribution in [3.8, 4) is 0 Å². The van der Waals surface area contributed by atoms with Crippen molar-refractivity contribution in [2.75, 3.05) is 31.2 Å². The topological polar surface area (TPSA) is 68.6 Å². The lowest BCUT2D eigenvalue weighted by molar-refractivity contribution is 0.157. The minimum absolute atomic E-state index is 0.0128. The summed E-state index contributed by atoms with van der Waals surface area (Å²) in [5.41, 5.74) is 1.21. The second-order valence-electron chi connectivity index (χ2n) is 4.70. The minimum atomic E-state index is -0.192. The predicted octanol–water partition coefficient (Wildman–Crippen LogP) is -0.00680. The van der Waals surface area contributed by atoms with Crippen LogP contribution >= 0.6 is 0 Å². The first-order valence-corrected chi connectivity index (χ1v) is 6.46. The van der Waals surface area contributed by atoms with E-state index in [0.29, 0.717) is 6.04 Å². The van der Waals surface area contributed by atoms with E-state index < -0.39 is 0 Å². The molecule has 1 saturated heterocycles. The van der Waals surface area contributed by atoms with E-state index in [9.17, 15) is 0 Å². The number of hydrogen-bond donors (Lipinski definition) is 3. The van der Waals surface area contributed by atoms with Crippen molar-refractivity contribution in [3.63, 3.8) is 0 Å². The van der Waals surface area contributed by atoms with Crippen molar-refractivity contribution in [2.45, 2.75) is 24.9 Å². The van der Waals surface area contributed by atoms with Crippen molar-refractivity contribution in [1.82, 2.24) is 10.3 Å². The van der Waals surface area contributed by atoms with Crippen LogP contribution in [0.3, 0.4) is 0 Å². The van der Waals surface area contributed by atoms with E-state index in [1.807, 2.05) is 24.5 Å². The van der Waals surface area contributed by atoms with Crippen LogP contribution in [-0.2, 0) is 0 Å². The number of nitrogens with one attached hydrogen (secondary N) is 1. The van der Waals surface area contributed by atoms with Gasteiger partial charge in [0.05, 0.1) is 19.3 Å². The van der Waals surface area contributed by atoms with Gasteiger partial charge in [-0.3, -0.25) is 4.98 Å². The van der Waals surface area contributed by atoms with E-state index in [-0.39, 0.29) is 19.3 Å². The second kappa shape index (κ2) is 6.68. The highest BCUT2D eigenvalue weighted by Crippen LogP contribution is 2.19. The Kier molecular flexibility index (Phi) is 4.92. The first-order valence-electron chi connectivity index (χ1n) is 6.46. The number of anilines is 1. The van der Waals surface area contributed by atoms with E-state index >= 15 is 0 Å². The van der Waals surface area contributed by atoms with E-state index in [2.05, 4.69) is 15.2 Å². The molecule has 0 saturated carbocycles. The van der Waals surface area contributed by atoms with E-state index in [1.165, 1.54) is 5.69 Å². The fourth-order valence-electron chi connectivity index (χ4n) is 2.36. The van der Waals surface area contributed by atoms with E-state index in [4.69, 9.17) is 10.2 Å². The highest BCUT2D eigenvalue weighted by Gasteiger charge is 2.21. The maximum absolute atomic E-state index is 9.05. The van der Waals surface area contributed by atoms with Gasteiger partial charge in [-0.1, -0.05) is 0 Å². The molecular formula is C13H21N3O2. The zero-order chi connectivity index (χ0) is 12.8. The number of hydrogen-bond acceptors (Lipinski definition) is 5. The summed E-state index contributed by atoms with van der Waals surface area (Å²) >= 11 is 0. The number of aliphatic hydroxyl groups is 2. The van der Waals surface area contributed by atoms with Crippen molar-refractivity contribution < 1.29 is 10.2 Å². The summed E-state index contributed by atoms with van der Waals surface area (Å²) in [4.78, 5) is 6.36. The third-order valence-corrected chi connectivity index (χ3v) is 3.44. The van der Waals surface area contributed by atoms with Crippen LogP contribution in [0, 0.1) is 0 Å². The maximum Gasteiger partial charge on any atom is 0.0607 e. The summed E-state index contributed by atoms with van der Waals surface area (Å²) in [6, 6.07) is 4.24. The monoisotopic (exact) mass is 251 g/mol. The normalized spacial score (nSPS) is 17.4. The average Bonchev–Trinajstić information content (AvgIpc) is 2.46. The first kappa shape index (κ1) is 13.3. The van der Waals surface area contributed by atoms with Crippen LogP contribution in [-0.4, -0.2) is 53.6 Å². The van der Waals surface area contributed by atoms with Gasteiger partial charge in [0.15, 0.2) is 0 Å².